The third kappa shape index (κ3) is 1.93. The molecule has 1 fully saturated rings. The lowest BCUT2D eigenvalue weighted by molar-refractivity contribution is -0.384. The average molecular weight is 206 g/mol. The Morgan fingerprint density at radius 3 is 2.67 bits per heavy atom. The van der Waals surface area contributed by atoms with Gasteiger partial charge in [0.05, 0.1) is 4.92 Å². The molecular formula is C11H14N2O2. The molecule has 1 aromatic carbocycles. The molecule has 15 heavy (non-hydrogen) atoms. The summed E-state index contributed by atoms with van der Waals surface area (Å²) in [5.41, 5.74) is 1.83. The Morgan fingerprint density at radius 1 is 1.47 bits per heavy atom. The first kappa shape index (κ1) is 9.96. The zero-order chi connectivity index (χ0) is 11.1. The van der Waals surface area contributed by atoms with Crippen LogP contribution in [0.15, 0.2) is 18.2 Å². The van der Waals surface area contributed by atoms with Crippen LogP contribution in [0.5, 0.6) is 0 Å². The summed E-state index contributed by atoms with van der Waals surface area (Å²) in [5.74, 6) is 0. The zero-order valence-electron chi connectivity index (χ0n) is 8.91. The van der Waals surface area contributed by atoms with E-state index < -0.39 is 0 Å². The van der Waals surface area contributed by atoms with E-state index in [-0.39, 0.29) is 16.1 Å². The molecule has 1 saturated carbocycles. The van der Waals surface area contributed by atoms with Gasteiger partial charge in [-0.25, -0.2) is 0 Å². The number of nitrogens with zero attached hydrogens (tertiary/aromatic N) is 1. The van der Waals surface area contributed by atoms with E-state index in [9.17, 15) is 10.1 Å². The minimum absolute atomic E-state index is 0.0663. The number of anilines is 1. The van der Waals surface area contributed by atoms with E-state index in [4.69, 9.17) is 0 Å². The molecule has 1 aliphatic carbocycles. The van der Waals surface area contributed by atoms with E-state index >= 15 is 0 Å². The second-order valence-corrected chi connectivity index (χ2v) is 4.41. The van der Waals surface area contributed by atoms with Crippen molar-refractivity contribution < 1.29 is 4.92 Å². The number of aryl methyl sites for hydroxylation is 1. The Bertz CT molecular complexity index is 411. The van der Waals surface area contributed by atoms with Gasteiger partial charge in [-0.1, -0.05) is 12.1 Å². The third-order valence-corrected chi connectivity index (χ3v) is 2.87. The molecule has 0 saturated heterocycles. The van der Waals surface area contributed by atoms with E-state index in [0.717, 1.165) is 18.4 Å². The maximum absolute atomic E-state index is 10.8. The Morgan fingerprint density at radius 2 is 2.13 bits per heavy atom. The zero-order valence-corrected chi connectivity index (χ0v) is 8.91. The molecule has 80 valence electrons. The Kier molecular flexibility index (Phi) is 2.14. The van der Waals surface area contributed by atoms with Crippen molar-refractivity contribution >= 4 is 11.4 Å². The van der Waals surface area contributed by atoms with Crippen molar-refractivity contribution in [1.29, 1.82) is 0 Å². The summed E-state index contributed by atoms with van der Waals surface area (Å²) in [6, 6.07) is 5.15. The minimum atomic E-state index is -0.332. The molecule has 2 rings (SSSR count). The summed E-state index contributed by atoms with van der Waals surface area (Å²) in [6.45, 7) is 3.98. The number of hydrogen-bond acceptors (Lipinski definition) is 3. The van der Waals surface area contributed by atoms with Crippen LogP contribution in [0.4, 0.5) is 11.4 Å². The lowest BCUT2D eigenvalue weighted by Gasteiger charge is -2.15. The summed E-state index contributed by atoms with van der Waals surface area (Å²) in [7, 11) is 0. The van der Waals surface area contributed by atoms with Crippen molar-refractivity contribution in [2.24, 2.45) is 0 Å². The van der Waals surface area contributed by atoms with Gasteiger partial charge in [0.15, 0.2) is 0 Å². The molecule has 1 aliphatic rings. The molecule has 0 unspecified atom stereocenters. The number of rotatable bonds is 3. The highest BCUT2D eigenvalue weighted by atomic mass is 16.6. The van der Waals surface area contributed by atoms with Gasteiger partial charge in [-0.2, -0.15) is 0 Å². The van der Waals surface area contributed by atoms with Crippen molar-refractivity contribution in [3.63, 3.8) is 0 Å². The van der Waals surface area contributed by atoms with E-state index in [0.29, 0.717) is 5.69 Å². The summed E-state index contributed by atoms with van der Waals surface area (Å²) in [4.78, 5) is 10.5. The number of nitro benzene ring substituents is 1. The lowest BCUT2D eigenvalue weighted by atomic mass is 10.1. The largest absolute Gasteiger partial charge is 0.374 e. The smallest absolute Gasteiger partial charge is 0.292 e. The van der Waals surface area contributed by atoms with Crippen molar-refractivity contribution in [2.45, 2.75) is 32.2 Å². The Hall–Kier alpha value is -1.58. The fraction of sp³-hybridized carbons (Fsp3) is 0.455. The molecule has 0 amide bonds. The van der Waals surface area contributed by atoms with Crippen LogP contribution in [0, 0.1) is 17.0 Å². The molecule has 4 nitrogen and oxygen atoms in total. The van der Waals surface area contributed by atoms with Gasteiger partial charge in [0.1, 0.15) is 5.69 Å². The number of nitro groups is 1. The molecule has 0 atom stereocenters. The standard InChI is InChI=1S/C11H14N2O2/c1-8-4-3-5-9(13(14)15)10(8)12-11(2)6-7-11/h3-5,12H,6-7H2,1-2H3. The van der Waals surface area contributed by atoms with Crippen molar-refractivity contribution in [3.05, 3.63) is 33.9 Å². The van der Waals surface area contributed by atoms with Gasteiger partial charge in [0.25, 0.3) is 5.69 Å². The van der Waals surface area contributed by atoms with E-state index in [1.165, 1.54) is 0 Å². The van der Waals surface area contributed by atoms with Crippen LogP contribution >= 0.6 is 0 Å². The number of hydrogen-bond donors (Lipinski definition) is 1. The third-order valence-electron chi connectivity index (χ3n) is 2.87. The molecule has 0 radical (unpaired) electrons. The van der Waals surface area contributed by atoms with Crippen LogP contribution in [-0.2, 0) is 0 Å². The first-order valence-electron chi connectivity index (χ1n) is 5.04. The lowest BCUT2D eigenvalue weighted by Crippen LogP contribution is -2.17. The highest BCUT2D eigenvalue weighted by molar-refractivity contribution is 5.67. The molecular weight excluding hydrogens is 192 g/mol. The van der Waals surface area contributed by atoms with Crippen LogP contribution < -0.4 is 5.32 Å². The van der Waals surface area contributed by atoms with E-state index in [1.54, 1.807) is 12.1 Å². The highest BCUT2D eigenvalue weighted by Gasteiger charge is 2.38. The highest BCUT2D eigenvalue weighted by Crippen LogP contribution is 2.41. The Balaban J connectivity index is 2.38. The quantitative estimate of drug-likeness (QED) is 0.611. The maximum Gasteiger partial charge on any atom is 0.292 e. The van der Waals surface area contributed by atoms with Gasteiger partial charge < -0.3 is 5.32 Å². The van der Waals surface area contributed by atoms with Crippen LogP contribution in [0.2, 0.25) is 0 Å². The van der Waals surface area contributed by atoms with Gasteiger partial charge in [0, 0.05) is 11.6 Å². The fourth-order valence-electron chi connectivity index (χ4n) is 1.58. The normalized spacial score (nSPS) is 17.2. The maximum atomic E-state index is 10.8. The molecule has 0 spiro atoms. The van der Waals surface area contributed by atoms with Crippen molar-refractivity contribution in [1.82, 2.24) is 0 Å². The van der Waals surface area contributed by atoms with Crippen molar-refractivity contribution in [3.8, 4) is 0 Å². The molecule has 1 N–H and O–H groups in total. The van der Waals surface area contributed by atoms with Gasteiger partial charge in [-0.05, 0) is 32.3 Å². The predicted octanol–water partition coefficient (Wildman–Crippen LogP) is 2.87. The monoisotopic (exact) mass is 206 g/mol. The van der Waals surface area contributed by atoms with Crippen molar-refractivity contribution in [2.75, 3.05) is 5.32 Å². The first-order chi connectivity index (χ1) is 7.02. The van der Waals surface area contributed by atoms with E-state index in [2.05, 4.69) is 12.2 Å². The summed E-state index contributed by atoms with van der Waals surface area (Å²) < 4.78 is 0. The average Bonchev–Trinajstić information content (AvgIpc) is 2.87. The first-order valence-corrected chi connectivity index (χ1v) is 5.04. The Labute approximate surface area is 88.5 Å². The second kappa shape index (κ2) is 3.22. The SMILES string of the molecule is Cc1cccc([N+](=O)[O-])c1NC1(C)CC1. The van der Waals surface area contributed by atoms with Gasteiger partial charge in [-0.3, -0.25) is 10.1 Å². The van der Waals surface area contributed by atoms with Crippen LogP contribution in [0.3, 0.4) is 0 Å². The van der Waals surface area contributed by atoms with Gasteiger partial charge >= 0.3 is 0 Å². The summed E-state index contributed by atoms with van der Waals surface area (Å²) >= 11 is 0. The number of para-hydroxylation sites is 1. The second-order valence-electron chi connectivity index (χ2n) is 4.41. The number of benzene rings is 1. The van der Waals surface area contributed by atoms with Crippen LogP contribution in [0.25, 0.3) is 0 Å². The topological polar surface area (TPSA) is 55.2 Å². The molecule has 4 heteroatoms. The van der Waals surface area contributed by atoms with Gasteiger partial charge in [0.2, 0.25) is 0 Å². The van der Waals surface area contributed by atoms with Gasteiger partial charge in [-0.15, -0.1) is 0 Å². The minimum Gasteiger partial charge on any atom is -0.374 e. The summed E-state index contributed by atoms with van der Waals surface area (Å²) in [5, 5.41) is 14.1. The molecule has 0 bridgehead atoms. The fourth-order valence-corrected chi connectivity index (χ4v) is 1.58. The molecule has 0 aromatic heterocycles. The van der Waals surface area contributed by atoms with E-state index in [1.807, 2.05) is 13.0 Å². The predicted molar refractivity (Wildman–Crippen MR) is 59.1 cm³/mol. The molecule has 0 heterocycles. The van der Waals surface area contributed by atoms with Crippen LogP contribution in [-0.4, -0.2) is 10.5 Å². The summed E-state index contributed by atoms with van der Waals surface area (Å²) in [6.07, 6.45) is 2.16. The number of nitrogens with one attached hydrogen (secondary N) is 1. The molecule has 0 aliphatic heterocycles. The van der Waals surface area contributed by atoms with Crippen LogP contribution in [0.1, 0.15) is 25.3 Å². The molecule has 1 aromatic rings.